The summed E-state index contributed by atoms with van der Waals surface area (Å²) in [7, 11) is 0. The van der Waals surface area contributed by atoms with Gasteiger partial charge < -0.3 is 5.32 Å². The molecular formula is C12H15N3S. The van der Waals surface area contributed by atoms with E-state index in [4.69, 9.17) is 0 Å². The Kier molecular flexibility index (Phi) is 3.51. The van der Waals surface area contributed by atoms with Crippen molar-refractivity contribution in [1.82, 2.24) is 9.97 Å². The van der Waals surface area contributed by atoms with E-state index in [0.29, 0.717) is 5.92 Å². The van der Waals surface area contributed by atoms with Crippen molar-refractivity contribution in [2.45, 2.75) is 13.8 Å². The van der Waals surface area contributed by atoms with Crippen LogP contribution in [0.4, 0.5) is 5.13 Å². The van der Waals surface area contributed by atoms with Crippen molar-refractivity contribution < 1.29 is 0 Å². The largest absolute Gasteiger partial charge is 0.361 e. The fraction of sp³-hybridized carbons (Fsp3) is 0.333. The molecule has 2 rings (SSSR count). The smallest absolute Gasteiger partial charge is 0.183 e. The maximum Gasteiger partial charge on any atom is 0.183 e. The molecule has 0 saturated heterocycles. The number of hydrogen-bond acceptors (Lipinski definition) is 4. The maximum atomic E-state index is 4.52. The molecule has 0 atom stereocenters. The van der Waals surface area contributed by atoms with E-state index >= 15 is 0 Å². The zero-order chi connectivity index (χ0) is 11.4. The molecule has 0 aromatic carbocycles. The van der Waals surface area contributed by atoms with Crippen LogP contribution in [0.2, 0.25) is 0 Å². The van der Waals surface area contributed by atoms with Gasteiger partial charge in [-0.25, -0.2) is 4.98 Å². The highest BCUT2D eigenvalue weighted by molar-refractivity contribution is 7.14. The zero-order valence-electron chi connectivity index (χ0n) is 9.47. The third-order valence-corrected chi connectivity index (χ3v) is 2.92. The molecule has 16 heavy (non-hydrogen) atoms. The monoisotopic (exact) mass is 233 g/mol. The first-order valence-electron chi connectivity index (χ1n) is 5.35. The molecule has 0 amide bonds. The Bertz CT molecular complexity index is 437. The van der Waals surface area contributed by atoms with Crippen molar-refractivity contribution in [3.8, 4) is 11.3 Å². The molecule has 4 heteroatoms. The van der Waals surface area contributed by atoms with E-state index in [1.807, 2.05) is 18.3 Å². The summed E-state index contributed by atoms with van der Waals surface area (Å²) in [6.07, 6.45) is 3.61. The molecule has 0 bridgehead atoms. The minimum absolute atomic E-state index is 0.630. The highest BCUT2D eigenvalue weighted by Gasteiger charge is 2.04. The SMILES string of the molecule is CC(C)CNc1nc(-c2cccnc2)cs1. The van der Waals surface area contributed by atoms with E-state index in [1.54, 1.807) is 17.5 Å². The van der Waals surface area contributed by atoms with Crippen molar-refractivity contribution in [1.29, 1.82) is 0 Å². The average Bonchev–Trinajstić information content (AvgIpc) is 2.76. The van der Waals surface area contributed by atoms with Crippen LogP contribution in [0.25, 0.3) is 11.3 Å². The molecule has 0 radical (unpaired) electrons. The van der Waals surface area contributed by atoms with Crippen molar-refractivity contribution in [3.63, 3.8) is 0 Å². The van der Waals surface area contributed by atoms with Crippen LogP contribution >= 0.6 is 11.3 Å². The number of thiazole rings is 1. The van der Waals surface area contributed by atoms with Gasteiger partial charge in [0, 0.05) is 29.9 Å². The molecule has 0 aliphatic rings. The third-order valence-electron chi connectivity index (χ3n) is 2.12. The number of rotatable bonds is 4. The summed E-state index contributed by atoms with van der Waals surface area (Å²) < 4.78 is 0. The Morgan fingerprint density at radius 1 is 1.44 bits per heavy atom. The molecule has 1 N–H and O–H groups in total. The van der Waals surface area contributed by atoms with Crippen molar-refractivity contribution in [3.05, 3.63) is 29.9 Å². The zero-order valence-corrected chi connectivity index (χ0v) is 10.3. The normalized spacial score (nSPS) is 10.7. The minimum Gasteiger partial charge on any atom is -0.361 e. The summed E-state index contributed by atoms with van der Waals surface area (Å²) in [5.74, 6) is 0.630. The summed E-state index contributed by atoms with van der Waals surface area (Å²) >= 11 is 1.64. The lowest BCUT2D eigenvalue weighted by Gasteiger charge is -2.04. The molecule has 2 aromatic heterocycles. The molecule has 0 saturated carbocycles. The van der Waals surface area contributed by atoms with E-state index in [-0.39, 0.29) is 0 Å². The van der Waals surface area contributed by atoms with Gasteiger partial charge in [-0.3, -0.25) is 4.98 Å². The molecule has 2 aromatic rings. The van der Waals surface area contributed by atoms with E-state index in [2.05, 4.69) is 34.5 Å². The van der Waals surface area contributed by atoms with Crippen LogP contribution in [-0.4, -0.2) is 16.5 Å². The van der Waals surface area contributed by atoms with Crippen LogP contribution in [-0.2, 0) is 0 Å². The predicted molar refractivity (Wildman–Crippen MR) is 68.7 cm³/mol. The van der Waals surface area contributed by atoms with Gasteiger partial charge in [0.05, 0.1) is 5.69 Å². The van der Waals surface area contributed by atoms with Crippen LogP contribution in [0.15, 0.2) is 29.9 Å². The first kappa shape index (κ1) is 11.1. The molecular weight excluding hydrogens is 218 g/mol. The molecule has 0 fully saturated rings. The lowest BCUT2D eigenvalue weighted by Crippen LogP contribution is -2.07. The van der Waals surface area contributed by atoms with Gasteiger partial charge in [-0.05, 0) is 18.1 Å². The van der Waals surface area contributed by atoms with Gasteiger partial charge in [0.25, 0.3) is 0 Å². The van der Waals surface area contributed by atoms with E-state index < -0.39 is 0 Å². The first-order valence-corrected chi connectivity index (χ1v) is 6.23. The van der Waals surface area contributed by atoms with Gasteiger partial charge in [0.1, 0.15) is 0 Å². The summed E-state index contributed by atoms with van der Waals surface area (Å²) in [5.41, 5.74) is 2.06. The van der Waals surface area contributed by atoms with Crippen molar-refractivity contribution in [2.24, 2.45) is 5.92 Å². The van der Waals surface area contributed by atoms with Gasteiger partial charge in [-0.2, -0.15) is 0 Å². The quantitative estimate of drug-likeness (QED) is 0.880. The minimum atomic E-state index is 0.630. The maximum absolute atomic E-state index is 4.52. The summed E-state index contributed by atoms with van der Waals surface area (Å²) in [5, 5.41) is 6.36. The summed E-state index contributed by atoms with van der Waals surface area (Å²) in [6, 6.07) is 3.95. The lowest BCUT2D eigenvalue weighted by atomic mass is 10.2. The van der Waals surface area contributed by atoms with E-state index in [1.165, 1.54) is 0 Å². The third kappa shape index (κ3) is 2.79. The molecule has 3 nitrogen and oxygen atoms in total. The second-order valence-electron chi connectivity index (χ2n) is 4.05. The molecule has 0 spiro atoms. The van der Waals surface area contributed by atoms with Crippen LogP contribution in [0, 0.1) is 5.92 Å². The van der Waals surface area contributed by atoms with Gasteiger partial charge >= 0.3 is 0 Å². The Morgan fingerprint density at radius 2 is 2.31 bits per heavy atom. The summed E-state index contributed by atoms with van der Waals surface area (Å²) in [6.45, 7) is 5.32. The fourth-order valence-corrected chi connectivity index (χ4v) is 2.02. The molecule has 0 aliphatic carbocycles. The van der Waals surface area contributed by atoms with Crippen LogP contribution in [0.5, 0.6) is 0 Å². The first-order chi connectivity index (χ1) is 7.75. The summed E-state index contributed by atoms with van der Waals surface area (Å²) in [4.78, 5) is 8.61. The Labute approximate surface area is 99.6 Å². The Balaban J connectivity index is 2.08. The van der Waals surface area contributed by atoms with Crippen molar-refractivity contribution >= 4 is 16.5 Å². The van der Waals surface area contributed by atoms with Crippen molar-refractivity contribution in [2.75, 3.05) is 11.9 Å². The number of pyridine rings is 1. The average molecular weight is 233 g/mol. The topological polar surface area (TPSA) is 37.8 Å². The number of aromatic nitrogens is 2. The molecule has 0 aliphatic heterocycles. The van der Waals surface area contributed by atoms with Crippen LogP contribution in [0.1, 0.15) is 13.8 Å². The number of nitrogens with one attached hydrogen (secondary N) is 1. The highest BCUT2D eigenvalue weighted by Crippen LogP contribution is 2.23. The molecule has 84 valence electrons. The highest BCUT2D eigenvalue weighted by atomic mass is 32.1. The second kappa shape index (κ2) is 5.07. The Morgan fingerprint density at radius 3 is 3.00 bits per heavy atom. The molecule has 2 heterocycles. The van der Waals surface area contributed by atoms with E-state index in [0.717, 1.165) is 22.9 Å². The van der Waals surface area contributed by atoms with Crippen LogP contribution < -0.4 is 5.32 Å². The fourth-order valence-electron chi connectivity index (χ4n) is 1.29. The second-order valence-corrected chi connectivity index (χ2v) is 4.91. The lowest BCUT2D eigenvalue weighted by molar-refractivity contribution is 0.688. The van der Waals surface area contributed by atoms with Gasteiger partial charge in [-0.1, -0.05) is 13.8 Å². The van der Waals surface area contributed by atoms with E-state index in [9.17, 15) is 0 Å². The van der Waals surface area contributed by atoms with Gasteiger partial charge in [-0.15, -0.1) is 11.3 Å². The number of nitrogens with zero attached hydrogens (tertiary/aromatic N) is 2. The number of anilines is 1. The molecule has 0 unspecified atom stereocenters. The van der Waals surface area contributed by atoms with Gasteiger partial charge in [0.2, 0.25) is 0 Å². The standard InChI is InChI=1S/C12H15N3S/c1-9(2)6-14-12-15-11(8-16-12)10-4-3-5-13-7-10/h3-5,7-9H,6H2,1-2H3,(H,14,15). The predicted octanol–water partition coefficient (Wildman–Crippen LogP) is 3.27. The Hall–Kier alpha value is -1.42. The van der Waals surface area contributed by atoms with Gasteiger partial charge in [0.15, 0.2) is 5.13 Å². The van der Waals surface area contributed by atoms with Crippen LogP contribution in [0.3, 0.4) is 0 Å². The number of hydrogen-bond donors (Lipinski definition) is 1.